The highest BCUT2D eigenvalue weighted by Gasteiger charge is 2.51. The fraction of sp³-hybridized carbons (Fsp3) is 0.476. The molecule has 0 fully saturated rings. The van der Waals surface area contributed by atoms with E-state index in [1.54, 1.807) is 48.1 Å². The van der Waals surface area contributed by atoms with E-state index >= 15 is 0 Å². The quantitative estimate of drug-likeness (QED) is 0.0142. The summed E-state index contributed by atoms with van der Waals surface area (Å²) in [7, 11) is -6.03. The van der Waals surface area contributed by atoms with Crippen molar-refractivity contribution in [2.24, 2.45) is 11.7 Å². The van der Waals surface area contributed by atoms with Gasteiger partial charge in [-0.15, -0.1) is 0 Å². The van der Waals surface area contributed by atoms with Crippen molar-refractivity contribution in [3.05, 3.63) is 111 Å². The van der Waals surface area contributed by atoms with Crippen LogP contribution < -0.4 is 16.6 Å². The molecule has 0 aliphatic carbocycles. The van der Waals surface area contributed by atoms with Crippen molar-refractivity contribution in [3.63, 3.8) is 0 Å². The number of rotatable bonds is 33. The summed E-state index contributed by atoms with van der Waals surface area (Å²) in [6, 6.07) is 15.8. The zero-order chi connectivity index (χ0) is 62.9. The topological polar surface area (TPSA) is 302 Å². The molecule has 24 heteroatoms. The standard InChI is InChI=1S/C63H77N7O15S2/c1-7-63(54-34-56-57-52(37-69(56)59(75)53(54)41-83-60(63)76)50(51-22-11-12-23-55(51)68-57)28-30-70(42(2)3)86(4,5)78)85-62(77)84-38-43-24-26-46(27-25-43)67-58(74)45(18-13-14-29-64)33-49(73)40-82-39-48(72)21-16-32-81-31-15-20-47(71)19-10-8-9-17-44-35-65-61(66-36-44)87(6,79)80/h11-12,22-27,34-36,42,45H,4,7-8,10,13-16,18-21,28-33,37-41,64H2,1-3,5-6H3,(H,67,74)/t45-,63+,86?/m1/s1. The summed E-state index contributed by atoms with van der Waals surface area (Å²) in [4.78, 5) is 106. The van der Waals surface area contributed by atoms with Crippen LogP contribution in [-0.2, 0) is 99.0 Å². The summed E-state index contributed by atoms with van der Waals surface area (Å²) in [6.07, 6.45) is 8.98. The smallest absolute Gasteiger partial charge is 0.457 e. The first-order chi connectivity index (χ1) is 41.5. The van der Waals surface area contributed by atoms with Gasteiger partial charge >= 0.3 is 12.1 Å². The minimum Gasteiger partial charge on any atom is -0.457 e. The number of ether oxygens (including phenoxy) is 5. The average molecular weight is 1240 g/mol. The molecule has 3 N–H and O–H groups in total. The molecule has 2 aliphatic heterocycles. The predicted octanol–water partition coefficient (Wildman–Crippen LogP) is 6.75. The van der Waals surface area contributed by atoms with Gasteiger partial charge in [-0.25, -0.2) is 37.3 Å². The molecule has 0 saturated heterocycles. The highest BCUT2D eigenvalue weighted by molar-refractivity contribution is 7.97. The molecule has 0 bridgehead atoms. The Morgan fingerprint density at radius 3 is 2.25 bits per heavy atom. The maximum Gasteiger partial charge on any atom is 0.510 e. The lowest BCUT2D eigenvalue weighted by Crippen LogP contribution is -2.47. The third kappa shape index (κ3) is 18.0. The highest BCUT2D eigenvalue weighted by Crippen LogP contribution is 2.42. The Bertz CT molecular complexity index is 3690. The van der Waals surface area contributed by atoms with Gasteiger partial charge in [-0.1, -0.05) is 55.5 Å². The van der Waals surface area contributed by atoms with Crippen LogP contribution >= 0.6 is 0 Å². The van der Waals surface area contributed by atoms with E-state index in [9.17, 15) is 46.2 Å². The van der Waals surface area contributed by atoms with Gasteiger partial charge < -0.3 is 39.3 Å². The monoisotopic (exact) mass is 1240 g/mol. The molecule has 3 aromatic heterocycles. The maximum absolute atomic E-state index is 14.4. The largest absolute Gasteiger partial charge is 0.510 e. The number of amides is 1. The van der Waals surface area contributed by atoms with E-state index < -0.39 is 54.7 Å². The molecular weight excluding hydrogens is 1160 g/mol. The third-order valence-corrected chi connectivity index (χ3v) is 17.5. The summed E-state index contributed by atoms with van der Waals surface area (Å²) < 4.78 is 67.6. The van der Waals surface area contributed by atoms with Gasteiger partial charge in [0.2, 0.25) is 26.5 Å². The molecule has 5 aromatic rings. The lowest BCUT2D eigenvalue weighted by Gasteiger charge is -2.35. The van der Waals surface area contributed by atoms with Crippen LogP contribution in [0.3, 0.4) is 0 Å². The number of carbonyl (C=O) groups excluding carboxylic acids is 6. The van der Waals surface area contributed by atoms with Gasteiger partial charge in [0, 0.05) is 121 Å². The van der Waals surface area contributed by atoms with Crippen LogP contribution in [0.2, 0.25) is 0 Å². The number of pyridine rings is 2. The summed E-state index contributed by atoms with van der Waals surface area (Å²) >= 11 is 0. The van der Waals surface area contributed by atoms with Crippen molar-refractivity contribution >= 4 is 77.4 Å². The number of hydrogen-bond donors (Lipinski definition) is 2. The van der Waals surface area contributed by atoms with Crippen LogP contribution in [0.15, 0.2) is 76.9 Å². The second-order valence-corrected chi connectivity index (χ2v) is 26.4. The van der Waals surface area contributed by atoms with Crippen LogP contribution in [0.25, 0.3) is 22.3 Å². The Hall–Kier alpha value is -7.53. The SMILES string of the molecule is C=S(C)(=O)N(CCc1c2c(nc3ccccc13)-c1cc3c(c(=O)n1C2)COC(=O)[C@@]3(CC)OC(=O)OCc1ccc(NC(=O)[C@H](CCCCN)CC(=O)COCC(=O)CCCOCCCC(=O)CCCC#Cc2cnc(S(C)(=O)=O)nc2)cc1)C(C)C. The lowest BCUT2D eigenvalue weighted by atomic mass is 9.85. The molecule has 22 nitrogen and oxygen atoms in total. The molecule has 0 spiro atoms. The number of esters is 1. The summed E-state index contributed by atoms with van der Waals surface area (Å²) in [5.41, 5.74) is 8.48. The minimum absolute atomic E-state index is 0.0418. The van der Waals surface area contributed by atoms with Crippen molar-refractivity contribution in [3.8, 4) is 23.2 Å². The van der Waals surface area contributed by atoms with Gasteiger partial charge in [0.05, 0.1) is 34.6 Å². The second-order valence-electron chi connectivity index (χ2n) is 22.1. The van der Waals surface area contributed by atoms with E-state index in [2.05, 4.69) is 33.0 Å². The average Bonchev–Trinajstić information content (AvgIpc) is 1.68. The number of nitrogens with two attached hydrogens (primary N) is 1. The molecule has 2 aromatic carbocycles. The molecule has 5 heterocycles. The number of ketones is 3. The zero-order valence-electron chi connectivity index (χ0n) is 50.0. The zero-order valence-corrected chi connectivity index (χ0v) is 51.7. The molecular formula is C63H77N7O15S2. The normalized spacial score (nSPS) is 15.3. The Morgan fingerprint density at radius 1 is 0.885 bits per heavy atom. The number of cyclic esters (lactones) is 1. The molecule has 0 saturated carbocycles. The number of nitrogens with zero attached hydrogens (tertiary/aromatic N) is 5. The van der Waals surface area contributed by atoms with Crippen molar-refractivity contribution in [2.75, 3.05) is 57.3 Å². The maximum atomic E-state index is 14.4. The number of fused-ring (bicyclic) bond motifs is 5. The summed E-state index contributed by atoms with van der Waals surface area (Å²) in [5, 5.41) is 3.49. The molecule has 2 aliphatic rings. The van der Waals surface area contributed by atoms with E-state index in [1.165, 1.54) is 12.4 Å². The Morgan fingerprint density at radius 2 is 1.57 bits per heavy atom. The number of para-hydroxylation sites is 1. The number of aromatic nitrogens is 4. The first kappa shape index (κ1) is 67.0. The second kappa shape index (κ2) is 30.9. The van der Waals surface area contributed by atoms with Crippen LogP contribution in [0.5, 0.6) is 0 Å². The van der Waals surface area contributed by atoms with Crippen molar-refractivity contribution in [1.29, 1.82) is 0 Å². The van der Waals surface area contributed by atoms with Gasteiger partial charge in [0.1, 0.15) is 32.2 Å². The molecule has 1 amide bonds. The fourth-order valence-corrected chi connectivity index (χ4v) is 12.4. The number of anilines is 1. The van der Waals surface area contributed by atoms with Gasteiger partial charge in [-0.2, -0.15) is 0 Å². The van der Waals surface area contributed by atoms with Crippen LogP contribution in [0.1, 0.15) is 131 Å². The van der Waals surface area contributed by atoms with Crippen LogP contribution in [0.4, 0.5) is 10.5 Å². The molecule has 1 unspecified atom stereocenters. The van der Waals surface area contributed by atoms with Crippen LogP contribution in [-0.4, -0.2) is 136 Å². The highest BCUT2D eigenvalue weighted by atomic mass is 32.2. The number of nitrogens with one attached hydrogen (secondary N) is 1. The van der Waals surface area contributed by atoms with Crippen molar-refractivity contribution < 1.29 is 65.1 Å². The van der Waals surface area contributed by atoms with E-state index in [0.717, 1.165) is 22.8 Å². The Balaban J connectivity index is 0.847. The summed E-state index contributed by atoms with van der Waals surface area (Å²) in [5.74, 6) is 7.27. The van der Waals surface area contributed by atoms with E-state index in [4.69, 9.17) is 34.4 Å². The Kier molecular flexibility index (Phi) is 23.8. The van der Waals surface area contributed by atoms with Crippen molar-refractivity contribution in [2.45, 2.75) is 141 Å². The Labute approximate surface area is 507 Å². The molecule has 466 valence electrons. The fourth-order valence-electron chi connectivity index (χ4n) is 10.5. The first-order valence-electron chi connectivity index (χ1n) is 29.1. The van der Waals surface area contributed by atoms with Gasteiger partial charge in [0.15, 0.2) is 11.6 Å². The van der Waals surface area contributed by atoms with E-state index in [-0.39, 0.29) is 91.9 Å². The lowest BCUT2D eigenvalue weighted by molar-refractivity contribution is -0.175. The van der Waals surface area contributed by atoms with Gasteiger partial charge in [-0.05, 0) is 107 Å². The summed E-state index contributed by atoms with van der Waals surface area (Å²) in [6.45, 7) is 6.06. The molecule has 0 radical (unpaired) electrons. The number of carbonyl (C=O) groups is 6. The number of Topliss-reactive ketones (excluding diaryl/α,β-unsaturated/α-hetero) is 3. The third-order valence-electron chi connectivity index (χ3n) is 15.0. The van der Waals surface area contributed by atoms with Gasteiger partial charge in [0.25, 0.3) is 5.56 Å². The number of benzene rings is 2. The number of sulfone groups is 1. The first-order valence-corrected chi connectivity index (χ1v) is 33.1. The number of hydrogen-bond acceptors (Lipinski definition) is 19. The van der Waals surface area contributed by atoms with Crippen molar-refractivity contribution in [1.82, 2.24) is 23.8 Å². The van der Waals surface area contributed by atoms with Gasteiger partial charge in [-0.3, -0.25) is 28.2 Å². The van der Waals surface area contributed by atoms with E-state index in [1.807, 2.05) is 42.4 Å². The van der Waals surface area contributed by atoms with Crippen LogP contribution in [0, 0.1) is 17.8 Å². The minimum atomic E-state index is -3.49. The number of unbranched alkanes of at least 4 members (excludes halogenated alkanes) is 2. The molecule has 3 atom stereocenters. The molecule has 87 heavy (non-hydrogen) atoms. The predicted molar refractivity (Wildman–Crippen MR) is 327 cm³/mol. The molecule has 7 rings (SSSR count). The van der Waals surface area contributed by atoms with E-state index in [0.29, 0.717) is 124 Å².